The second-order valence-electron chi connectivity index (χ2n) is 6.00. The van der Waals surface area contributed by atoms with Gasteiger partial charge in [0.15, 0.2) is 0 Å². The maximum absolute atomic E-state index is 14.2. The number of halogens is 1. The number of hydrogen-bond acceptors (Lipinski definition) is 5. The van der Waals surface area contributed by atoms with Gasteiger partial charge in [-0.1, -0.05) is 18.1 Å². The van der Waals surface area contributed by atoms with Crippen LogP contribution in [-0.2, 0) is 9.53 Å². The van der Waals surface area contributed by atoms with E-state index in [2.05, 4.69) is 15.2 Å². The Morgan fingerprint density at radius 1 is 1.32 bits per heavy atom. The monoisotopic (exact) mass is 348 g/mol. The molecule has 7 heteroatoms. The zero-order valence-corrected chi connectivity index (χ0v) is 14.9. The van der Waals surface area contributed by atoms with Crippen molar-refractivity contribution in [2.45, 2.75) is 40.0 Å². The third-order valence-electron chi connectivity index (χ3n) is 4.09. The van der Waals surface area contributed by atoms with Crippen LogP contribution in [0.4, 0.5) is 10.1 Å². The van der Waals surface area contributed by atoms with Crippen molar-refractivity contribution >= 4 is 17.6 Å². The number of benzene rings is 1. The van der Waals surface area contributed by atoms with Gasteiger partial charge in [0.05, 0.1) is 24.1 Å². The summed E-state index contributed by atoms with van der Waals surface area (Å²) < 4.78 is 24.0. The summed E-state index contributed by atoms with van der Waals surface area (Å²) in [6.07, 6.45) is 0.0941. The van der Waals surface area contributed by atoms with E-state index in [0.717, 1.165) is 11.3 Å². The van der Waals surface area contributed by atoms with Gasteiger partial charge in [-0.05, 0) is 38.3 Å². The van der Waals surface area contributed by atoms with E-state index in [-0.39, 0.29) is 23.6 Å². The van der Waals surface area contributed by atoms with E-state index in [1.165, 1.54) is 19.2 Å². The van der Waals surface area contributed by atoms with Crippen molar-refractivity contribution in [2.24, 2.45) is 0 Å². The standard InChI is InChI=1S/C18H21FN2O4/c1-9-6-7-13(19)17(16(9)18(23)24-5)20-14(22)8-10(2)15-11(3)21-25-12(15)4/h6-7,10H,8H2,1-5H3,(H,20,22)/t10-/m0/s1. The number of amides is 1. The first-order valence-electron chi connectivity index (χ1n) is 7.86. The van der Waals surface area contributed by atoms with Crippen molar-refractivity contribution in [2.75, 3.05) is 12.4 Å². The van der Waals surface area contributed by atoms with E-state index >= 15 is 0 Å². The van der Waals surface area contributed by atoms with Gasteiger partial charge in [-0.2, -0.15) is 0 Å². The third kappa shape index (κ3) is 3.87. The molecule has 0 bridgehead atoms. The van der Waals surface area contributed by atoms with Gasteiger partial charge in [0.1, 0.15) is 11.6 Å². The molecule has 1 heterocycles. The smallest absolute Gasteiger partial charge is 0.340 e. The molecular formula is C18H21FN2O4. The molecule has 6 nitrogen and oxygen atoms in total. The first-order chi connectivity index (χ1) is 11.8. The number of aromatic nitrogens is 1. The van der Waals surface area contributed by atoms with Crippen LogP contribution in [0.3, 0.4) is 0 Å². The topological polar surface area (TPSA) is 81.4 Å². The molecule has 25 heavy (non-hydrogen) atoms. The Labute approximate surface area is 145 Å². The van der Waals surface area contributed by atoms with Gasteiger partial charge in [-0.25, -0.2) is 9.18 Å². The molecule has 1 atom stereocenters. The number of rotatable bonds is 5. The third-order valence-corrected chi connectivity index (χ3v) is 4.09. The predicted molar refractivity (Wildman–Crippen MR) is 90.1 cm³/mol. The fourth-order valence-electron chi connectivity index (χ4n) is 2.93. The van der Waals surface area contributed by atoms with Gasteiger partial charge in [0.25, 0.3) is 0 Å². The number of ether oxygens (including phenoxy) is 1. The van der Waals surface area contributed by atoms with Gasteiger partial charge in [-0.15, -0.1) is 0 Å². The summed E-state index contributed by atoms with van der Waals surface area (Å²) >= 11 is 0. The number of anilines is 1. The number of aryl methyl sites for hydroxylation is 3. The molecule has 0 radical (unpaired) electrons. The van der Waals surface area contributed by atoms with Crippen LogP contribution in [0.5, 0.6) is 0 Å². The summed E-state index contributed by atoms with van der Waals surface area (Å²) in [6.45, 7) is 7.09. The van der Waals surface area contributed by atoms with Crippen LogP contribution in [-0.4, -0.2) is 24.1 Å². The van der Waals surface area contributed by atoms with Crippen LogP contribution >= 0.6 is 0 Å². The minimum atomic E-state index is -0.703. The molecular weight excluding hydrogens is 327 g/mol. The summed E-state index contributed by atoms with van der Waals surface area (Å²) in [5.41, 5.74) is 1.94. The zero-order chi connectivity index (χ0) is 18.7. The predicted octanol–water partition coefficient (Wildman–Crippen LogP) is 3.66. The van der Waals surface area contributed by atoms with Crippen molar-refractivity contribution in [3.8, 4) is 0 Å². The van der Waals surface area contributed by atoms with Gasteiger partial charge in [0.2, 0.25) is 5.91 Å². The summed E-state index contributed by atoms with van der Waals surface area (Å²) in [5, 5.41) is 6.38. The number of carbonyl (C=O) groups excluding carboxylic acids is 2. The molecule has 0 fully saturated rings. The molecule has 0 aliphatic carbocycles. The Morgan fingerprint density at radius 2 is 2.00 bits per heavy atom. The highest BCUT2D eigenvalue weighted by Crippen LogP contribution is 2.28. The molecule has 2 rings (SSSR count). The second kappa shape index (κ2) is 7.46. The highest BCUT2D eigenvalue weighted by atomic mass is 19.1. The number of esters is 1. The van der Waals surface area contributed by atoms with Crippen molar-refractivity contribution < 1.29 is 23.2 Å². The molecule has 0 saturated heterocycles. The van der Waals surface area contributed by atoms with E-state index in [9.17, 15) is 14.0 Å². The molecule has 2 aromatic rings. The maximum Gasteiger partial charge on any atom is 0.340 e. The lowest BCUT2D eigenvalue weighted by molar-refractivity contribution is -0.116. The Morgan fingerprint density at radius 3 is 2.56 bits per heavy atom. The van der Waals surface area contributed by atoms with Crippen molar-refractivity contribution in [1.29, 1.82) is 0 Å². The summed E-state index contributed by atoms with van der Waals surface area (Å²) in [6, 6.07) is 2.67. The van der Waals surface area contributed by atoms with Gasteiger partial charge in [-0.3, -0.25) is 4.79 Å². The SMILES string of the molecule is COC(=O)c1c(C)ccc(F)c1NC(=O)C[C@H](C)c1c(C)noc1C. The van der Waals surface area contributed by atoms with E-state index in [1.807, 2.05) is 6.92 Å². The van der Waals surface area contributed by atoms with E-state index in [1.54, 1.807) is 20.8 Å². The van der Waals surface area contributed by atoms with Gasteiger partial charge >= 0.3 is 5.97 Å². The fraction of sp³-hybridized carbons (Fsp3) is 0.389. The van der Waals surface area contributed by atoms with Crippen molar-refractivity contribution in [1.82, 2.24) is 5.16 Å². The average Bonchev–Trinajstić information content (AvgIpc) is 2.89. The minimum Gasteiger partial charge on any atom is -0.465 e. The summed E-state index contributed by atoms with van der Waals surface area (Å²) in [5.74, 6) is -1.33. The first kappa shape index (κ1) is 18.6. The van der Waals surface area contributed by atoms with Gasteiger partial charge in [0, 0.05) is 12.0 Å². The number of hydrogen-bond donors (Lipinski definition) is 1. The molecule has 134 valence electrons. The summed E-state index contributed by atoms with van der Waals surface area (Å²) in [4.78, 5) is 24.3. The number of carbonyl (C=O) groups is 2. The highest BCUT2D eigenvalue weighted by molar-refractivity contribution is 6.02. The van der Waals surface area contributed by atoms with Crippen LogP contribution in [0.2, 0.25) is 0 Å². The molecule has 1 aromatic carbocycles. The second-order valence-corrected chi connectivity index (χ2v) is 6.00. The van der Waals surface area contributed by atoms with E-state index < -0.39 is 17.7 Å². The van der Waals surface area contributed by atoms with Crippen LogP contribution < -0.4 is 5.32 Å². The Bertz CT molecular complexity index is 794. The molecule has 1 aromatic heterocycles. The minimum absolute atomic E-state index is 0.0147. The van der Waals surface area contributed by atoms with E-state index in [4.69, 9.17) is 4.52 Å². The van der Waals surface area contributed by atoms with Gasteiger partial charge < -0.3 is 14.6 Å². The molecule has 0 unspecified atom stereocenters. The lowest BCUT2D eigenvalue weighted by Gasteiger charge is -2.15. The number of nitrogens with one attached hydrogen (secondary N) is 1. The first-order valence-corrected chi connectivity index (χ1v) is 7.86. The Kier molecular flexibility index (Phi) is 5.56. The average molecular weight is 348 g/mol. The van der Waals surface area contributed by atoms with Crippen molar-refractivity contribution in [3.63, 3.8) is 0 Å². The molecule has 0 saturated carbocycles. The zero-order valence-electron chi connectivity index (χ0n) is 14.9. The van der Waals surface area contributed by atoms with Crippen molar-refractivity contribution in [3.05, 3.63) is 46.1 Å². The summed E-state index contributed by atoms with van der Waals surface area (Å²) in [7, 11) is 1.21. The lowest BCUT2D eigenvalue weighted by atomic mass is 9.95. The maximum atomic E-state index is 14.2. The fourth-order valence-corrected chi connectivity index (χ4v) is 2.93. The molecule has 0 aliphatic heterocycles. The molecule has 0 aliphatic rings. The van der Waals surface area contributed by atoms with Crippen LogP contribution in [0.1, 0.15) is 52.2 Å². The van der Waals surface area contributed by atoms with Crippen LogP contribution in [0, 0.1) is 26.6 Å². The molecule has 1 amide bonds. The number of methoxy groups -OCH3 is 1. The highest BCUT2D eigenvalue weighted by Gasteiger charge is 2.23. The largest absolute Gasteiger partial charge is 0.465 e. The normalized spacial score (nSPS) is 11.9. The Hall–Kier alpha value is -2.70. The molecule has 0 spiro atoms. The quantitative estimate of drug-likeness (QED) is 0.834. The Balaban J connectivity index is 2.24. The lowest BCUT2D eigenvalue weighted by Crippen LogP contribution is -2.19. The number of nitrogens with zero attached hydrogens (tertiary/aromatic N) is 1. The van der Waals surface area contributed by atoms with Crippen LogP contribution in [0.15, 0.2) is 16.7 Å². The van der Waals surface area contributed by atoms with E-state index in [0.29, 0.717) is 11.3 Å². The molecule has 1 N–H and O–H groups in total. The van der Waals surface area contributed by atoms with Crippen LogP contribution in [0.25, 0.3) is 0 Å².